The third-order valence-corrected chi connectivity index (χ3v) is 5.45. The zero-order valence-electron chi connectivity index (χ0n) is 19.4. The fraction of sp³-hybridized carbons (Fsp3) is 0.850. The maximum atomic E-state index is 12.0. The molecule has 0 saturated heterocycles. The molecular formula is C20H40N2O9P+. The van der Waals surface area contributed by atoms with E-state index in [-0.39, 0.29) is 31.8 Å². The van der Waals surface area contributed by atoms with Gasteiger partial charge in [0.25, 0.3) is 0 Å². The molecule has 0 aliphatic heterocycles. The molecule has 0 spiro atoms. The van der Waals surface area contributed by atoms with Gasteiger partial charge in [-0.1, -0.05) is 26.2 Å². The van der Waals surface area contributed by atoms with Gasteiger partial charge in [-0.2, -0.15) is 14.3 Å². The summed E-state index contributed by atoms with van der Waals surface area (Å²) in [4.78, 5) is 55.3. The van der Waals surface area contributed by atoms with Gasteiger partial charge in [0.05, 0.1) is 6.04 Å². The van der Waals surface area contributed by atoms with E-state index in [4.69, 9.17) is 24.3 Å². The van der Waals surface area contributed by atoms with Crippen LogP contribution in [0, 0.1) is 0 Å². The number of carbonyl (C=O) groups is 3. The second-order valence-electron chi connectivity index (χ2n) is 7.39. The van der Waals surface area contributed by atoms with Crippen molar-refractivity contribution in [3.8, 4) is 0 Å². The highest BCUT2D eigenvalue weighted by atomic mass is 31.2. The summed E-state index contributed by atoms with van der Waals surface area (Å²) >= 11 is 0. The van der Waals surface area contributed by atoms with Crippen LogP contribution in [0.4, 0.5) is 0 Å². The Labute approximate surface area is 191 Å². The van der Waals surface area contributed by atoms with Gasteiger partial charge in [-0.3, -0.25) is 14.4 Å². The van der Waals surface area contributed by atoms with E-state index in [0.717, 1.165) is 25.7 Å². The first-order valence-electron chi connectivity index (χ1n) is 11.0. The Kier molecular flexibility index (Phi) is 17.6. The molecule has 0 amide bonds. The quantitative estimate of drug-likeness (QED) is 0.112. The number of hydrogen-bond acceptors (Lipinski definition) is 11. The minimum Gasteiger partial charge on any atom is -0.462 e. The van der Waals surface area contributed by atoms with Crippen LogP contribution in [0.1, 0.15) is 65.2 Å². The van der Waals surface area contributed by atoms with Crippen LogP contribution in [0.2, 0.25) is 0 Å². The number of carbonyl (C=O) groups excluding carboxylic acids is 3. The molecule has 32 heavy (non-hydrogen) atoms. The smallest absolute Gasteiger partial charge is 0.462 e. The maximum Gasteiger partial charge on any atom is 0.570 e. The number of Topliss-reactive ketones (excluding diaryl/α,β-unsaturated/α-hetero) is 1. The van der Waals surface area contributed by atoms with Crippen LogP contribution in [-0.2, 0) is 32.9 Å². The standard InChI is InChI=1S/C20H40N2O9P/c1-4-5-7-11-20(25)31-17(13-28-19(24)10-8-6-9-12-21)14-29-32(26,27)30-15-18(22-3)16(2)23/h17-18,22,26-27H,4-15,21H2,1-3H3/q+1/t17-,18?/m1/s1. The van der Waals surface area contributed by atoms with Crippen LogP contribution in [0.3, 0.4) is 0 Å². The Morgan fingerprint density at radius 3 is 2.16 bits per heavy atom. The number of likely N-dealkylation sites (N-methyl/N-ethyl adjacent to an activating group) is 1. The molecule has 2 atom stereocenters. The third kappa shape index (κ3) is 16.4. The second-order valence-corrected chi connectivity index (χ2v) is 8.88. The van der Waals surface area contributed by atoms with Crippen LogP contribution in [0.5, 0.6) is 0 Å². The van der Waals surface area contributed by atoms with E-state index in [9.17, 15) is 24.2 Å². The molecule has 0 saturated carbocycles. The Hall–Kier alpha value is -1.20. The van der Waals surface area contributed by atoms with E-state index < -0.39 is 38.9 Å². The molecule has 188 valence electrons. The van der Waals surface area contributed by atoms with E-state index >= 15 is 0 Å². The van der Waals surface area contributed by atoms with Crippen molar-refractivity contribution < 1.29 is 42.7 Å². The summed E-state index contributed by atoms with van der Waals surface area (Å²) < 4.78 is 20.4. The van der Waals surface area contributed by atoms with Crippen molar-refractivity contribution in [1.82, 2.24) is 5.32 Å². The highest BCUT2D eigenvalue weighted by molar-refractivity contribution is 7.54. The molecule has 0 radical (unpaired) electrons. The number of esters is 2. The molecule has 0 aliphatic rings. The molecule has 0 aliphatic carbocycles. The van der Waals surface area contributed by atoms with E-state index in [1.165, 1.54) is 14.0 Å². The lowest BCUT2D eigenvalue weighted by Crippen LogP contribution is -2.37. The highest BCUT2D eigenvalue weighted by Gasteiger charge is 2.42. The first kappa shape index (κ1) is 30.8. The second kappa shape index (κ2) is 18.3. The van der Waals surface area contributed by atoms with E-state index in [0.29, 0.717) is 19.4 Å². The largest absolute Gasteiger partial charge is 0.570 e. The fourth-order valence-electron chi connectivity index (χ4n) is 2.52. The summed E-state index contributed by atoms with van der Waals surface area (Å²) in [5.74, 6) is -1.21. The monoisotopic (exact) mass is 483 g/mol. The van der Waals surface area contributed by atoms with Gasteiger partial charge in [-0.15, -0.1) is 4.52 Å². The van der Waals surface area contributed by atoms with Crippen molar-refractivity contribution in [3.63, 3.8) is 0 Å². The van der Waals surface area contributed by atoms with Gasteiger partial charge in [0, 0.05) is 12.8 Å². The molecule has 0 aromatic carbocycles. The molecular weight excluding hydrogens is 443 g/mol. The summed E-state index contributed by atoms with van der Waals surface area (Å²) in [6.07, 6.45) is 4.07. The molecule has 0 aromatic heterocycles. The lowest BCUT2D eigenvalue weighted by atomic mass is 10.2. The van der Waals surface area contributed by atoms with Gasteiger partial charge >= 0.3 is 20.1 Å². The Morgan fingerprint density at radius 1 is 0.938 bits per heavy atom. The van der Waals surface area contributed by atoms with Crippen LogP contribution in [0.25, 0.3) is 0 Å². The predicted octanol–water partition coefficient (Wildman–Crippen LogP) is 1.41. The van der Waals surface area contributed by atoms with Crippen molar-refractivity contribution in [3.05, 3.63) is 0 Å². The topological polar surface area (TPSA) is 167 Å². The minimum atomic E-state index is -4.28. The lowest BCUT2D eigenvalue weighted by molar-refractivity contribution is -0.161. The number of rotatable bonds is 20. The van der Waals surface area contributed by atoms with Crippen molar-refractivity contribution in [2.75, 3.05) is 33.4 Å². The molecule has 0 heterocycles. The van der Waals surface area contributed by atoms with E-state index in [2.05, 4.69) is 5.32 Å². The van der Waals surface area contributed by atoms with Crippen LogP contribution >= 0.6 is 8.17 Å². The number of nitrogens with two attached hydrogens (primary N) is 1. The summed E-state index contributed by atoms with van der Waals surface area (Å²) in [5.41, 5.74) is 5.42. The molecule has 0 aromatic rings. The summed E-state index contributed by atoms with van der Waals surface area (Å²) in [6, 6.07) is -0.732. The van der Waals surface area contributed by atoms with Crippen molar-refractivity contribution in [1.29, 1.82) is 0 Å². The van der Waals surface area contributed by atoms with Crippen LogP contribution in [0.15, 0.2) is 0 Å². The number of hydrogen-bond donors (Lipinski definition) is 4. The zero-order chi connectivity index (χ0) is 24.4. The van der Waals surface area contributed by atoms with E-state index in [1.807, 2.05) is 6.92 Å². The zero-order valence-corrected chi connectivity index (χ0v) is 20.3. The number of ether oxygens (including phenoxy) is 2. The molecule has 0 bridgehead atoms. The Balaban J connectivity index is 4.71. The van der Waals surface area contributed by atoms with Gasteiger partial charge in [0.15, 0.2) is 6.10 Å². The average Bonchev–Trinajstić information content (AvgIpc) is 2.73. The van der Waals surface area contributed by atoms with Gasteiger partial charge in [0.1, 0.15) is 25.6 Å². The van der Waals surface area contributed by atoms with Gasteiger partial charge in [0.2, 0.25) is 0 Å². The Morgan fingerprint density at radius 2 is 1.56 bits per heavy atom. The van der Waals surface area contributed by atoms with Crippen molar-refractivity contribution >= 4 is 25.9 Å². The number of unbranched alkanes of at least 4 members (excludes halogenated alkanes) is 4. The molecule has 11 nitrogen and oxygen atoms in total. The minimum absolute atomic E-state index is 0.189. The number of ketones is 1. The van der Waals surface area contributed by atoms with Gasteiger partial charge < -0.3 is 20.5 Å². The highest BCUT2D eigenvalue weighted by Crippen LogP contribution is 2.52. The summed E-state index contributed by atoms with van der Waals surface area (Å²) in [5, 5.41) is 2.68. The first-order chi connectivity index (χ1) is 15.1. The number of nitrogens with one attached hydrogen (secondary N) is 1. The summed E-state index contributed by atoms with van der Waals surface area (Å²) in [7, 11) is -2.75. The van der Waals surface area contributed by atoms with Gasteiger partial charge in [-0.05, 0) is 39.8 Å². The summed E-state index contributed by atoms with van der Waals surface area (Å²) in [6.45, 7) is 2.84. The SMILES string of the molecule is CCCCCC(=O)O[C@H](COC(=O)CCCCCN)CO[P+](O)(O)OCC(NC)C(C)=O. The normalized spacial score (nSPS) is 13.4. The predicted molar refractivity (Wildman–Crippen MR) is 119 cm³/mol. The average molecular weight is 484 g/mol. The van der Waals surface area contributed by atoms with Crippen LogP contribution in [-0.4, -0.2) is 73.1 Å². The Bertz CT molecular complexity index is 549. The molecule has 0 fully saturated rings. The molecule has 1 unspecified atom stereocenters. The van der Waals surface area contributed by atoms with E-state index in [1.54, 1.807) is 0 Å². The molecule has 12 heteroatoms. The van der Waals surface area contributed by atoms with Crippen molar-refractivity contribution in [2.45, 2.75) is 77.4 Å². The fourth-order valence-corrected chi connectivity index (χ4v) is 3.30. The van der Waals surface area contributed by atoms with Gasteiger partial charge in [-0.25, -0.2) is 0 Å². The maximum absolute atomic E-state index is 12.0. The lowest BCUT2D eigenvalue weighted by Gasteiger charge is -2.19. The van der Waals surface area contributed by atoms with Crippen molar-refractivity contribution in [2.24, 2.45) is 5.73 Å². The molecule has 5 N–H and O–H groups in total. The first-order valence-corrected chi connectivity index (χ1v) is 12.5. The van der Waals surface area contributed by atoms with Crippen LogP contribution < -0.4 is 11.1 Å². The molecule has 0 rings (SSSR count). The third-order valence-electron chi connectivity index (χ3n) is 4.47.